The minimum absolute atomic E-state index is 0.604. The van der Waals surface area contributed by atoms with Crippen LogP contribution in [0.15, 0.2) is 39.4 Å². The number of aryl methyl sites for hydroxylation is 2. The van der Waals surface area contributed by atoms with E-state index in [1.807, 2.05) is 38.1 Å². The minimum Gasteiger partial charge on any atom is -0.439 e. The molecule has 4 heteroatoms. The Morgan fingerprint density at radius 2 is 1.82 bits per heavy atom. The van der Waals surface area contributed by atoms with Gasteiger partial charge in [-0.1, -0.05) is 22.0 Å². The summed E-state index contributed by atoms with van der Waals surface area (Å²) in [6, 6.07) is 7.84. The fraction of sp³-hybridized carbons (Fsp3) is 0.154. The van der Waals surface area contributed by atoms with E-state index in [0.29, 0.717) is 5.88 Å². The molecule has 0 N–H and O–H groups in total. The predicted octanol–water partition coefficient (Wildman–Crippen LogP) is 5.02. The molecule has 0 unspecified atom stereocenters. The second kappa shape index (κ2) is 5.19. The monoisotopic (exact) mass is 355 g/mol. The normalized spacial score (nSPS) is 10.4. The first-order valence-corrected chi connectivity index (χ1v) is 6.71. The second-order valence-corrected chi connectivity index (χ2v) is 5.55. The summed E-state index contributed by atoms with van der Waals surface area (Å²) in [7, 11) is 0. The van der Waals surface area contributed by atoms with Crippen LogP contribution in [-0.4, -0.2) is 4.98 Å². The van der Waals surface area contributed by atoms with Gasteiger partial charge in [-0.15, -0.1) is 0 Å². The van der Waals surface area contributed by atoms with E-state index >= 15 is 0 Å². The summed E-state index contributed by atoms with van der Waals surface area (Å²) >= 11 is 6.84. The highest BCUT2D eigenvalue weighted by Crippen LogP contribution is 2.28. The Bertz CT molecular complexity index is 555. The first-order valence-electron chi connectivity index (χ1n) is 5.12. The van der Waals surface area contributed by atoms with Crippen LogP contribution in [-0.2, 0) is 0 Å². The number of hydrogen-bond donors (Lipinski definition) is 0. The van der Waals surface area contributed by atoms with Gasteiger partial charge in [-0.3, -0.25) is 0 Å². The maximum absolute atomic E-state index is 5.76. The summed E-state index contributed by atoms with van der Waals surface area (Å²) < 4.78 is 7.74. The number of aromatic nitrogens is 1. The smallest absolute Gasteiger partial charge is 0.219 e. The number of pyridine rings is 1. The molecule has 2 nitrogen and oxygen atoms in total. The molecule has 0 amide bonds. The van der Waals surface area contributed by atoms with Gasteiger partial charge < -0.3 is 4.74 Å². The van der Waals surface area contributed by atoms with E-state index < -0.39 is 0 Å². The van der Waals surface area contributed by atoms with Gasteiger partial charge in [0.1, 0.15) is 5.75 Å². The van der Waals surface area contributed by atoms with Crippen LogP contribution in [0.25, 0.3) is 0 Å². The van der Waals surface area contributed by atoms with Gasteiger partial charge in [0.15, 0.2) is 0 Å². The van der Waals surface area contributed by atoms with Crippen LogP contribution in [0.4, 0.5) is 0 Å². The molecular formula is C13H11Br2NO. The van der Waals surface area contributed by atoms with Crippen molar-refractivity contribution in [3.8, 4) is 11.6 Å². The van der Waals surface area contributed by atoms with Gasteiger partial charge in [-0.2, -0.15) is 0 Å². The zero-order valence-corrected chi connectivity index (χ0v) is 12.7. The third-order valence-electron chi connectivity index (χ3n) is 2.39. The Morgan fingerprint density at radius 1 is 1.06 bits per heavy atom. The molecule has 0 fully saturated rings. The molecule has 0 aliphatic heterocycles. The van der Waals surface area contributed by atoms with Gasteiger partial charge in [0, 0.05) is 21.2 Å². The summed E-state index contributed by atoms with van der Waals surface area (Å²) in [5, 5.41) is 0. The molecule has 1 heterocycles. The van der Waals surface area contributed by atoms with Crippen molar-refractivity contribution in [3.63, 3.8) is 0 Å². The lowest BCUT2D eigenvalue weighted by atomic mass is 10.2. The fourth-order valence-electron chi connectivity index (χ4n) is 1.37. The summed E-state index contributed by atoms with van der Waals surface area (Å²) in [6.07, 6.45) is 1.75. The lowest BCUT2D eigenvalue weighted by Crippen LogP contribution is -1.91. The standard InChI is InChI=1S/C13H11Br2NO/c1-8-3-4-10(14)6-12(8)17-13-5-9(2)11(15)7-16-13/h3-7H,1-2H3. The highest BCUT2D eigenvalue weighted by molar-refractivity contribution is 9.10. The number of rotatable bonds is 2. The Morgan fingerprint density at radius 3 is 2.53 bits per heavy atom. The van der Waals surface area contributed by atoms with E-state index in [2.05, 4.69) is 36.8 Å². The molecule has 0 spiro atoms. The van der Waals surface area contributed by atoms with Gasteiger partial charge in [-0.05, 0) is 53.0 Å². The molecule has 1 aromatic heterocycles. The summed E-state index contributed by atoms with van der Waals surface area (Å²) in [6.45, 7) is 4.01. The van der Waals surface area contributed by atoms with E-state index in [-0.39, 0.29) is 0 Å². The predicted molar refractivity (Wildman–Crippen MR) is 75.6 cm³/mol. The molecule has 0 aliphatic rings. The minimum atomic E-state index is 0.604. The molecule has 2 rings (SSSR count). The highest BCUT2D eigenvalue weighted by atomic mass is 79.9. The van der Waals surface area contributed by atoms with Crippen molar-refractivity contribution in [2.45, 2.75) is 13.8 Å². The maximum atomic E-state index is 5.76. The van der Waals surface area contributed by atoms with Crippen LogP contribution < -0.4 is 4.74 Å². The van der Waals surface area contributed by atoms with E-state index in [1.165, 1.54) is 0 Å². The van der Waals surface area contributed by atoms with Gasteiger partial charge in [-0.25, -0.2) is 4.98 Å². The van der Waals surface area contributed by atoms with Crippen LogP contribution in [0.3, 0.4) is 0 Å². The molecule has 2 aromatic rings. The molecule has 1 aromatic carbocycles. The van der Waals surface area contributed by atoms with Gasteiger partial charge in [0.05, 0.1) is 0 Å². The topological polar surface area (TPSA) is 22.1 Å². The first-order chi connectivity index (χ1) is 8.06. The van der Waals surface area contributed by atoms with Crippen molar-refractivity contribution in [1.29, 1.82) is 0 Å². The molecule has 0 saturated heterocycles. The molecular weight excluding hydrogens is 346 g/mol. The molecule has 0 radical (unpaired) electrons. The maximum Gasteiger partial charge on any atom is 0.219 e. The summed E-state index contributed by atoms with van der Waals surface area (Å²) in [4.78, 5) is 4.22. The van der Waals surface area contributed by atoms with Crippen molar-refractivity contribution < 1.29 is 4.74 Å². The molecule has 17 heavy (non-hydrogen) atoms. The summed E-state index contributed by atoms with van der Waals surface area (Å²) in [5.74, 6) is 1.42. The van der Waals surface area contributed by atoms with Crippen LogP contribution in [0.5, 0.6) is 11.6 Å². The number of benzene rings is 1. The van der Waals surface area contributed by atoms with Crippen molar-refractivity contribution in [2.24, 2.45) is 0 Å². The Labute approximate surface area is 117 Å². The molecule has 0 bridgehead atoms. The zero-order chi connectivity index (χ0) is 12.4. The fourth-order valence-corrected chi connectivity index (χ4v) is 1.92. The SMILES string of the molecule is Cc1cc(Oc2cc(Br)ccc2C)ncc1Br. The van der Waals surface area contributed by atoms with Crippen molar-refractivity contribution in [3.05, 3.63) is 50.5 Å². The average molecular weight is 357 g/mol. The van der Waals surface area contributed by atoms with Crippen LogP contribution >= 0.6 is 31.9 Å². The summed E-state index contributed by atoms with van der Waals surface area (Å²) in [5.41, 5.74) is 2.18. The van der Waals surface area contributed by atoms with Crippen LogP contribution in [0.2, 0.25) is 0 Å². The lowest BCUT2D eigenvalue weighted by Gasteiger charge is -2.09. The zero-order valence-electron chi connectivity index (χ0n) is 9.50. The highest BCUT2D eigenvalue weighted by Gasteiger charge is 2.05. The quantitative estimate of drug-likeness (QED) is 0.754. The number of halogens is 2. The third kappa shape index (κ3) is 3.07. The molecule has 0 aliphatic carbocycles. The Kier molecular flexibility index (Phi) is 3.84. The molecule has 0 atom stereocenters. The van der Waals surface area contributed by atoms with Gasteiger partial charge >= 0.3 is 0 Å². The van der Waals surface area contributed by atoms with Crippen LogP contribution in [0.1, 0.15) is 11.1 Å². The van der Waals surface area contributed by atoms with E-state index in [9.17, 15) is 0 Å². The second-order valence-electron chi connectivity index (χ2n) is 3.78. The third-order valence-corrected chi connectivity index (χ3v) is 3.71. The number of nitrogens with zero attached hydrogens (tertiary/aromatic N) is 1. The van der Waals surface area contributed by atoms with E-state index in [4.69, 9.17) is 4.74 Å². The molecule has 0 saturated carbocycles. The Hall–Kier alpha value is -0.870. The van der Waals surface area contributed by atoms with Crippen molar-refractivity contribution >= 4 is 31.9 Å². The van der Waals surface area contributed by atoms with Crippen molar-refractivity contribution in [2.75, 3.05) is 0 Å². The van der Waals surface area contributed by atoms with Gasteiger partial charge in [0.2, 0.25) is 5.88 Å². The Balaban J connectivity index is 2.31. The van der Waals surface area contributed by atoms with E-state index in [0.717, 1.165) is 25.8 Å². The van der Waals surface area contributed by atoms with Crippen LogP contribution in [0, 0.1) is 13.8 Å². The molecule has 88 valence electrons. The number of hydrogen-bond acceptors (Lipinski definition) is 2. The average Bonchev–Trinajstić information content (AvgIpc) is 2.29. The van der Waals surface area contributed by atoms with Gasteiger partial charge in [0.25, 0.3) is 0 Å². The van der Waals surface area contributed by atoms with Crippen molar-refractivity contribution in [1.82, 2.24) is 4.98 Å². The first kappa shape index (κ1) is 12.6. The lowest BCUT2D eigenvalue weighted by molar-refractivity contribution is 0.458. The largest absolute Gasteiger partial charge is 0.439 e. The van der Waals surface area contributed by atoms with E-state index in [1.54, 1.807) is 6.20 Å². The number of ether oxygens (including phenoxy) is 1.